The van der Waals surface area contributed by atoms with E-state index >= 15 is 0 Å². The molecule has 0 radical (unpaired) electrons. The van der Waals surface area contributed by atoms with Gasteiger partial charge in [-0.3, -0.25) is 0 Å². The molecule has 0 spiro atoms. The van der Waals surface area contributed by atoms with Gasteiger partial charge in [-0.05, 0) is 37.5 Å². The molecule has 2 aliphatic rings. The van der Waals surface area contributed by atoms with E-state index in [0.717, 1.165) is 31.6 Å². The van der Waals surface area contributed by atoms with Crippen LogP contribution < -0.4 is 10.6 Å². The van der Waals surface area contributed by atoms with E-state index in [1.165, 1.54) is 5.56 Å². The van der Waals surface area contributed by atoms with E-state index in [-0.39, 0.29) is 17.3 Å². The van der Waals surface area contributed by atoms with Gasteiger partial charge >= 0.3 is 0 Å². The maximum atomic E-state index is 13.6. The number of hydrogen-bond acceptors (Lipinski definition) is 3. The van der Waals surface area contributed by atoms with E-state index in [1.54, 1.807) is 12.1 Å². The molecule has 0 amide bonds. The molecule has 3 nitrogen and oxygen atoms in total. The van der Waals surface area contributed by atoms with Crippen LogP contribution in [0.25, 0.3) is 0 Å². The van der Waals surface area contributed by atoms with Crippen LogP contribution >= 0.6 is 0 Å². The highest BCUT2D eigenvalue weighted by Crippen LogP contribution is 2.53. The Bertz CT molecular complexity index is 465. The van der Waals surface area contributed by atoms with Crippen molar-refractivity contribution in [1.29, 1.82) is 0 Å². The monoisotopic (exact) mass is 264 g/mol. The Morgan fingerprint density at radius 3 is 2.58 bits per heavy atom. The minimum absolute atomic E-state index is 0.0569. The van der Waals surface area contributed by atoms with Gasteiger partial charge in [0.15, 0.2) is 0 Å². The quantitative estimate of drug-likeness (QED) is 0.908. The van der Waals surface area contributed by atoms with E-state index in [4.69, 9.17) is 10.5 Å². The fraction of sp³-hybridized carbons (Fsp3) is 0.600. The summed E-state index contributed by atoms with van der Waals surface area (Å²) in [5.74, 6) is -0.175. The van der Waals surface area contributed by atoms with E-state index in [2.05, 4.69) is 11.8 Å². The summed E-state index contributed by atoms with van der Waals surface area (Å²) in [6.45, 7) is 5.12. The fourth-order valence-corrected chi connectivity index (χ4v) is 3.10. The molecule has 1 aliphatic carbocycles. The number of benzene rings is 1. The van der Waals surface area contributed by atoms with Crippen LogP contribution in [0.2, 0.25) is 0 Å². The Morgan fingerprint density at radius 1 is 1.32 bits per heavy atom. The van der Waals surface area contributed by atoms with E-state index in [0.29, 0.717) is 13.2 Å². The highest BCUT2D eigenvalue weighted by atomic mass is 19.1. The number of morpholine rings is 1. The third-order valence-electron chi connectivity index (χ3n) is 4.51. The van der Waals surface area contributed by atoms with Gasteiger partial charge in [-0.2, -0.15) is 0 Å². The minimum Gasteiger partial charge on any atom is -0.378 e. The van der Waals surface area contributed by atoms with Crippen LogP contribution in [0.5, 0.6) is 0 Å². The number of hydrogen-bond donors (Lipinski definition) is 1. The smallest absolute Gasteiger partial charge is 0.125 e. The molecule has 1 aliphatic heterocycles. The van der Waals surface area contributed by atoms with Gasteiger partial charge in [-0.25, -0.2) is 4.39 Å². The summed E-state index contributed by atoms with van der Waals surface area (Å²) in [6, 6.07) is 5.25. The molecule has 1 saturated heterocycles. The summed E-state index contributed by atoms with van der Waals surface area (Å²) in [7, 11) is 0. The summed E-state index contributed by atoms with van der Waals surface area (Å²) < 4.78 is 19.0. The van der Waals surface area contributed by atoms with Crippen LogP contribution in [0.15, 0.2) is 18.2 Å². The van der Waals surface area contributed by atoms with Crippen molar-refractivity contribution in [3.63, 3.8) is 0 Å². The molecular weight excluding hydrogens is 243 g/mol. The maximum absolute atomic E-state index is 13.6. The van der Waals surface area contributed by atoms with Crippen molar-refractivity contribution >= 4 is 5.69 Å². The topological polar surface area (TPSA) is 38.5 Å². The van der Waals surface area contributed by atoms with Crippen molar-refractivity contribution in [2.24, 2.45) is 5.73 Å². The van der Waals surface area contributed by atoms with Crippen molar-refractivity contribution in [2.75, 3.05) is 31.2 Å². The highest BCUT2D eigenvalue weighted by molar-refractivity contribution is 5.59. The Morgan fingerprint density at radius 2 is 2.00 bits per heavy atom. The van der Waals surface area contributed by atoms with Gasteiger partial charge in [-0.15, -0.1) is 0 Å². The van der Waals surface area contributed by atoms with Gasteiger partial charge in [0.25, 0.3) is 0 Å². The average molecular weight is 264 g/mol. The van der Waals surface area contributed by atoms with E-state index in [1.807, 2.05) is 6.07 Å². The first kappa shape index (κ1) is 12.9. The lowest BCUT2D eigenvalue weighted by Gasteiger charge is -2.33. The molecule has 104 valence electrons. The summed E-state index contributed by atoms with van der Waals surface area (Å²) in [5, 5.41) is 0. The van der Waals surface area contributed by atoms with Gasteiger partial charge < -0.3 is 15.4 Å². The lowest BCUT2D eigenvalue weighted by Crippen LogP contribution is -2.39. The van der Waals surface area contributed by atoms with Crippen molar-refractivity contribution in [1.82, 2.24) is 0 Å². The molecule has 0 aromatic heterocycles. The lowest BCUT2D eigenvalue weighted by atomic mass is 9.87. The predicted molar refractivity (Wildman–Crippen MR) is 74.0 cm³/mol. The molecule has 1 atom stereocenters. The molecule has 19 heavy (non-hydrogen) atoms. The second kappa shape index (κ2) is 4.76. The molecular formula is C15H21FN2O. The zero-order chi connectivity index (χ0) is 13.5. The first-order valence-electron chi connectivity index (χ1n) is 7.02. The largest absolute Gasteiger partial charge is 0.378 e. The van der Waals surface area contributed by atoms with Crippen molar-refractivity contribution in [2.45, 2.75) is 31.2 Å². The second-order valence-electron chi connectivity index (χ2n) is 5.71. The number of nitrogens with two attached hydrogens (primary N) is 1. The summed E-state index contributed by atoms with van der Waals surface area (Å²) >= 11 is 0. The van der Waals surface area contributed by atoms with Crippen molar-refractivity contribution in [3.05, 3.63) is 29.6 Å². The molecule has 0 bridgehead atoms. The lowest BCUT2D eigenvalue weighted by molar-refractivity contribution is 0.122. The SMILES string of the molecule is CC(N)C1(c2ccc(F)cc2N2CCOCC2)CC1. The molecule has 1 heterocycles. The van der Waals surface area contributed by atoms with Gasteiger partial charge in [0.05, 0.1) is 13.2 Å². The predicted octanol–water partition coefficient (Wildman–Crippen LogP) is 2.04. The molecule has 1 unspecified atom stereocenters. The first-order chi connectivity index (χ1) is 9.13. The van der Waals surface area contributed by atoms with Crippen molar-refractivity contribution in [3.8, 4) is 0 Å². The van der Waals surface area contributed by atoms with Crippen molar-refractivity contribution < 1.29 is 9.13 Å². The summed E-state index contributed by atoms with van der Waals surface area (Å²) in [4.78, 5) is 2.23. The number of halogens is 1. The van der Waals surface area contributed by atoms with E-state index in [9.17, 15) is 4.39 Å². The molecule has 1 saturated carbocycles. The van der Waals surface area contributed by atoms with E-state index < -0.39 is 0 Å². The number of ether oxygens (including phenoxy) is 1. The van der Waals surface area contributed by atoms with Gasteiger partial charge in [0.1, 0.15) is 5.82 Å². The molecule has 3 rings (SSSR count). The third-order valence-corrected chi connectivity index (χ3v) is 4.51. The Kier molecular flexibility index (Phi) is 3.23. The molecule has 1 aromatic carbocycles. The number of nitrogens with zero attached hydrogens (tertiary/aromatic N) is 1. The first-order valence-corrected chi connectivity index (χ1v) is 7.02. The third kappa shape index (κ3) is 2.23. The van der Waals surface area contributed by atoms with Crippen LogP contribution in [-0.2, 0) is 10.2 Å². The molecule has 1 aromatic rings. The van der Waals surface area contributed by atoms with Gasteiger partial charge in [-0.1, -0.05) is 6.07 Å². The zero-order valence-corrected chi connectivity index (χ0v) is 11.4. The Hall–Kier alpha value is -1.13. The second-order valence-corrected chi connectivity index (χ2v) is 5.71. The zero-order valence-electron chi connectivity index (χ0n) is 11.4. The highest BCUT2D eigenvalue weighted by Gasteiger charge is 2.49. The average Bonchev–Trinajstić information content (AvgIpc) is 3.21. The Labute approximate surface area is 113 Å². The number of rotatable bonds is 3. The summed E-state index contributed by atoms with van der Waals surface area (Å²) in [6.07, 6.45) is 2.21. The summed E-state index contributed by atoms with van der Waals surface area (Å²) in [5.41, 5.74) is 8.45. The van der Waals surface area contributed by atoms with Crippen LogP contribution in [0.4, 0.5) is 10.1 Å². The standard InChI is InChI=1S/C15H21FN2O/c1-11(17)15(4-5-15)13-3-2-12(16)10-14(13)18-6-8-19-9-7-18/h2-3,10-11H,4-9,17H2,1H3. The normalized spacial score (nSPS) is 23.2. The van der Waals surface area contributed by atoms with Crippen LogP contribution in [0.3, 0.4) is 0 Å². The van der Waals surface area contributed by atoms with Gasteiger partial charge in [0, 0.05) is 30.2 Å². The molecule has 2 N–H and O–H groups in total. The minimum atomic E-state index is -0.175. The van der Waals surface area contributed by atoms with Crippen LogP contribution in [0.1, 0.15) is 25.3 Å². The molecule has 4 heteroatoms. The van der Waals surface area contributed by atoms with Crippen LogP contribution in [0, 0.1) is 5.82 Å². The maximum Gasteiger partial charge on any atom is 0.125 e. The molecule has 2 fully saturated rings. The number of anilines is 1. The fourth-order valence-electron chi connectivity index (χ4n) is 3.10. The van der Waals surface area contributed by atoms with Crippen LogP contribution in [-0.4, -0.2) is 32.3 Å². The Balaban J connectivity index is 1.99. The van der Waals surface area contributed by atoms with Gasteiger partial charge in [0.2, 0.25) is 0 Å².